The van der Waals surface area contributed by atoms with E-state index in [4.69, 9.17) is 0 Å². The maximum absolute atomic E-state index is 2.67. The van der Waals surface area contributed by atoms with Crippen molar-refractivity contribution in [2.75, 3.05) is 4.90 Å². The van der Waals surface area contributed by atoms with E-state index < -0.39 is 0 Å². The number of benzene rings is 9. The molecule has 1 aromatic heterocycles. The predicted octanol–water partition coefficient (Wildman–Crippen LogP) is 18.7. The molecule has 5 saturated carbocycles. The van der Waals surface area contributed by atoms with Crippen LogP contribution in [0, 0.1) is 29.1 Å². The first kappa shape index (κ1) is 39.1. The Morgan fingerprint density at radius 3 is 1.93 bits per heavy atom. The molecule has 16 rings (SSSR count). The summed E-state index contributed by atoms with van der Waals surface area (Å²) in [6, 6.07) is 75.0. The van der Waals surface area contributed by atoms with Gasteiger partial charge >= 0.3 is 0 Å². The van der Waals surface area contributed by atoms with E-state index in [0.29, 0.717) is 11.3 Å². The van der Waals surface area contributed by atoms with Crippen molar-refractivity contribution < 1.29 is 0 Å². The van der Waals surface area contributed by atoms with Gasteiger partial charge in [0, 0.05) is 42.4 Å². The third-order valence-corrected chi connectivity index (χ3v) is 20.4. The van der Waals surface area contributed by atoms with E-state index in [-0.39, 0.29) is 5.41 Å². The van der Waals surface area contributed by atoms with Gasteiger partial charge in [0.2, 0.25) is 0 Å². The molecule has 0 radical (unpaired) electrons. The summed E-state index contributed by atoms with van der Waals surface area (Å²) in [6.07, 6.45) is 10.8. The maximum atomic E-state index is 2.67. The van der Waals surface area contributed by atoms with Gasteiger partial charge in [0.1, 0.15) is 0 Å². The molecule has 6 aliphatic rings. The molecular weight excluding hydrogens is 851 g/mol. The van der Waals surface area contributed by atoms with Crippen molar-refractivity contribution in [1.29, 1.82) is 0 Å². The van der Waals surface area contributed by atoms with E-state index in [1.54, 1.807) is 11.1 Å². The molecule has 1 heterocycles. The van der Waals surface area contributed by atoms with Crippen molar-refractivity contribution in [3.05, 3.63) is 211 Å². The minimum atomic E-state index is 0.156. The Labute approximate surface area is 409 Å². The molecule has 0 aliphatic heterocycles. The summed E-state index contributed by atoms with van der Waals surface area (Å²) in [5.74, 6) is 4.12. The average Bonchev–Trinajstić information content (AvgIpc) is 3.92. The van der Waals surface area contributed by atoms with Gasteiger partial charge in [-0.05, 0) is 164 Å². The van der Waals surface area contributed by atoms with E-state index in [2.05, 4.69) is 199 Å². The molecule has 10 aromatic rings. The van der Waals surface area contributed by atoms with E-state index in [9.17, 15) is 0 Å². The third kappa shape index (κ3) is 5.06. The summed E-state index contributed by atoms with van der Waals surface area (Å²) in [4.78, 5) is 2.61. The monoisotopic (exact) mass is 903 g/mol. The fourth-order valence-corrected chi connectivity index (χ4v) is 17.7. The van der Waals surface area contributed by atoms with Crippen LogP contribution in [0.3, 0.4) is 0 Å². The molecule has 1 nitrogen and oxygen atoms in total. The normalized spacial score (nSPS) is 24.7. The first-order chi connectivity index (χ1) is 34.2. The van der Waals surface area contributed by atoms with Crippen LogP contribution >= 0.6 is 11.3 Å². The Morgan fingerprint density at radius 2 is 1.09 bits per heavy atom. The number of para-hydroxylation sites is 2. The van der Waals surface area contributed by atoms with Gasteiger partial charge in [-0.1, -0.05) is 177 Å². The molecule has 2 spiro atoms. The van der Waals surface area contributed by atoms with Gasteiger partial charge in [-0.2, -0.15) is 0 Å². The molecule has 6 aliphatic carbocycles. The zero-order chi connectivity index (χ0) is 45.0. The van der Waals surface area contributed by atoms with Crippen LogP contribution in [-0.4, -0.2) is 0 Å². The van der Waals surface area contributed by atoms with E-state index in [0.717, 1.165) is 29.4 Å². The molecule has 332 valence electrons. The summed E-state index contributed by atoms with van der Waals surface area (Å²) >= 11 is 1.91. The smallest absolute Gasteiger partial charge is 0.0540 e. The Morgan fingerprint density at radius 1 is 0.449 bits per heavy atom. The molecule has 9 aromatic carbocycles. The number of anilines is 3. The zero-order valence-corrected chi connectivity index (χ0v) is 39.7. The molecule has 2 heteroatoms. The fourth-order valence-electron chi connectivity index (χ4n) is 16.5. The lowest BCUT2D eigenvalue weighted by molar-refractivity contribution is -0.412. The second kappa shape index (κ2) is 14.4. The van der Waals surface area contributed by atoms with E-state index in [1.807, 2.05) is 11.3 Å². The van der Waals surface area contributed by atoms with Gasteiger partial charge in [0.25, 0.3) is 0 Å². The Kier molecular flexibility index (Phi) is 8.17. The van der Waals surface area contributed by atoms with Crippen LogP contribution in [0.15, 0.2) is 194 Å². The maximum Gasteiger partial charge on any atom is 0.0540 e. The molecule has 69 heavy (non-hydrogen) atoms. The SMILES string of the molecule is c1cc(-c2cccc3c2sc2ccccc23)cc(N(c2ccccc2-c2ccc3c(c2)C2(c4ccccc4-3)C3CC4CC5CC2C453)c2ccccc2-c2cccc3cccc(C4CCCCC4)c23)c1. The lowest BCUT2D eigenvalue weighted by Gasteiger charge is -2.92. The summed E-state index contributed by atoms with van der Waals surface area (Å²) < 4.78 is 2.68. The zero-order valence-electron chi connectivity index (χ0n) is 38.9. The van der Waals surface area contributed by atoms with E-state index >= 15 is 0 Å². The van der Waals surface area contributed by atoms with Crippen LogP contribution in [0.4, 0.5) is 17.1 Å². The summed E-state index contributed by atoms with van der Waals surface area (Å²) in [5.41, 5.74) is 19.8. The van der Waals surface area contributed by atoms with Crippen molar-refractivity contribution in [2.24, 2.45) is 29.1 Å². The first-order valence-electron chi connectivity index (χ1n) is 26.0. The molecular formula is C67H53NS. The minimum absolute atomic E-state index is 0.156. The molecule has 4 unspecified atom stereocenters. The van der Waals surface area contributed by atoms with Crippen LogP contribution in [0.1, 0.15) is 74.0 Å². The number of nitrogens with zero attached hydrogens (tertiary/aromatic N) is 1. The van der Waals surface area contributed by atoms with Gasteiger partial charge < -0.3 is 4.90 Å². The van der Waals surface area contributed by atoms with Crippen LogP contribution in [0.25, 0.3) is 75.5 Å². The Balaban J connectivity index is 0.911. The highest BCUT2D eigenvalue weighted by Crippen LogP contribution is 2.94. The van der Waals surface area contributed by atoms with Gasteiger partial charge in [-0.25, -0.2) is 0 Å². The first-order valence-corrected chi connectivity index (χ1v) is 26.8. The Hall–Kier alpha value is -6.74. The number of fused-ring (bicyclic) bond motifs is 11. The highest BCUT2D eigenvalue weighted by atomic mass is 32.1. The topological polar surface area (TPSA) is 3.24 Å². The quantitative estimate of drug-likeness (QED) is 0.154. The number of rotatable bonds is 7. The van der Waals surface area contributed by atoms with Crippen molar-refractivity contribution in [3.8, 4) is 44.5 Å². The molecule has 4 atom stereocenters. The van der Waals surface area contributed by atoms with Crippen LogP contribution < -0.4 is 4.90 Å². The second-order valence-electron chi connectivity index (χ2n) is 21.7. The molecule has 5 fully saturated rings. The molecule has 0 bridgehead atoms. The predicted molar refractivity (Wildman–Crippen MR) is 290 cm³/mol. The number of hydrogen-bond acceptors (Lipinski definition) is 2. The largest absolute Gasteiger partial charge is 0.309 e. The third-order valence-electron chi connectivity index (χ3n) is 19.2. The molecule has 0 N–H and O–H groups in total. The van der Waals surface area contributed by atoms with Gasteiger partial charge in [0.05, 0.1) is 11.4 Å². The summed E-state index contributed by atoms with van der Waals surface area (Å²) in [5, 5.41) is 5.42. The van der Waals surface area contributed by atoms with Crippen LogP contribution in [-0.2, 0) is 5.41 Å². The van der Waals surface area contributed by atoms with Gasteiger partial charge in [0.15, 0.2) is 0 Å². The van der Waals surface area contributed by atoms with Gasteiger partial charge in [-0.3, -0.25) is 0 Å². The highest BCUT2D eigenvalue weighted by molar-refractivity contribution is 7.26. The van der Waals surface area contributed by atoms with Crippen molar-refractivity contribution >= 4 is 59.3 Å². The van der Waals surface area contributed by atoms with Crippen LogP contribution in [0.5, 0.6) is 0 Å². The summed E-state index contributed by atoms with van der Waals surface area (Å²) in [6.45, 7) is 0. The van der Waals surface area contributed by atoms with Crippen molar-refractivity contribution in [3.63, 3.8) is 0 Å². The van der Waals surface area contributed by atoms with Crippen molar-refractivity contribution in [2.45, 2.75) is 62.7 Å². The van der Waals surface area contributed by atoms with Gasteiger partial charge in [-0.15, -0.1) is 11.3 Å². The summed E-state index contributed by atoms with van der Waals surface area (Å²) in [7, 11) is 0. The minimum Gasteiger partial charge on any atom is -0.309 e. The standard InChI is InChI=1S/C67H53NS/c1-2-16-41(17-3-1)49-26-13-18-42-19-14-28-55(64(42)49)53-24-6-10-32-60(53)68(47-21-12-20-43(36-47)50-27-15-29-56-54-25-7-11-33-61(54)69-65(50)56)59-31-9-5-22-48(59)44-34-35-52-51-23-4-8-30-57(51)67(58(52)37-44)62-39-45-38-46-40-63(67)66(45,46)62/h4-15,18-37,41,45-46,62-63H,1-3,16-17,38-40H2. The lowest BCUT2D eigenvalue weighted by Crippen LogP contribution is -2.88. The Bertz CT molecular complexity index is 3740. The number of hydrogen-bond donors (Lipinski definition) is 0. The van der Waals surface area contributed by atoms with Crippen LogP contribution in [0.2, 0.25) is 0 Å². The molecule has 0 saturated heterocycles. The van der Waals surface area contributed by atoms with Crippen molar-refractivity contribution in [1.82, 2.24) is 0 Å². The fraction of sp³-hybridized carbons (Fsp3) is 0.224. The number of thiophene rings is 1. The van der Waals surface area contributed by atoms with E-state index in [1.165, 1.54) is 144 Å². The second-order valence-corrected chi connectivity index (χ2v) is 22.7. The highest BCUT2D eigenvalue weighted by Gasteiger charge is 2.90. The lowest BCUT2D eigenvalue weighted by atomic mass is 9.11. The molecule has 0 amide bonds. The average molecular weight is 904 g/mol.